The Morgan fingerprint density at radius 3 is 2.10 bits per heavy atom. The first-order chi connectivity index (χ1) is 13.0. The van der Waals surface area contributed by atoms with Gasteiger partial charge >= 0.3 is 6.09 Å². The molecule has 29 heavy (non-hydrogen) atoms. The van der Waals surface area contributed by atoms with Gasteiger partial charge in [-0.3, -0.25) is 10.1 Å². The Labute approximate surface area is 173 Å². The zero-order valence-corrected chi connectivity index (χ0v) is 19.6. The number of nitro groups is 1. The van der Waals surface area contributed by atoms with Crippen molar-refractivity contribution in [2.24, 2.45) is 0 Å². The third-order valence-electron chi connectivity index (χ3n) is 4.96. The van der Waals surface area contributed by atoms with Gasteiger partial charge in [-0.25, -0.2) is 4.79 Å². The van der Waals surface area contributed by atoms with Crippen molar-refractivity contribution in [3.8, 4) is 0 Å². The van der Waals surface area contributed by atoms with Gasteiger partial charge in [0, 0.05) is 12.1 Å². The number of nitrogens with one attached hydrogen (secondary N) is 1. The van der Waals surface area contributed by atoms with Gasteiger partial charge in [0.1, 0.15) is 11.7 Å². The van der Waals surface area contributed by atoms with Crippen molar-refractivity contribution in [1.29, 1.82) is 0 Å². The van der Waals surface area contributed by atoms with Crippen LogP contribution in [0.25, 0.3) is 0 Å². The summed E-state index contributed by atoms with van der Waals surface area (Å²) in [7, 11) is -2.13. The lowest BCUT2D eigenvalue weighted by atomic mass is 10.0. The molecule has 8 nitrogen and oxygen atoms in total. The lowest BCUT2D eigenvalue weighted by Crippen LogP contribution is -2.49. The maximum absolute atomic E-state index is 12.3. The topological polar surface area (TPSA) is 111 Å². The highest BCUT2D eigenvalue weighted by Crippen LogP contribution is 2.37. The van der Waals surface area contributed by atoms with Gasteiger partial charge in [0.25, 0.3) is 5.69 Å². The standard InChI is InChI=1S/C20H34N2O6Si/c1-19(2,3)28-18(24)21-16(13-27-29(7,8)20(4,5)6)17(23)14-9-11-15(12-10-14)22(25)26/h9-12,16-17,23H,13H2,1-8H3,(H,21,24)/t16-,17-/m0/s1. The number of nitro benzene ring substituents is 1. The van der Waals surface area contributed by atoms with Crippen LogP contribution < -0.4 is 5.32 Å². The molecule has 9 heteroatoms. The summed E-state index contributed by atoms with van der Waals surface area (Å²) in [4.78, 5) is 22.6. The molecule has 164 valence electrons. The third-order valence-corrected chi connectivity index (χ3v) is 9.46. The molecule has 0 fully saturated rings. The fraction of sp³-hybridized carbons (Fsp3) is 0.650. The van der Waals surface area contributed by atoms with Crippen LogP contribution in [0.1, 0.15) is 53.2 Å². The summed E-state index contributed by atoms with van der Waals surface area (Å²) in [5.74, 6) is 0. The Kier molecular flexibility index (Phi) is 7.98. The van der Waals surface area contributed by atoms with Gasteiger partial charge in [0.05, 0.1) is 17.6 Å². The molecule has 0 aliphatic carbocycles. The number of carbonyl (C=O) groups excluding carboxylic acids is 1. The molecule has 0 saturated heterocycles. The Morgan fingerprint density at radius 2 is 1.69 bits per heavy atom. The quantitative estimate of drug-likeness (QED) is 0.376. The van der Waals surface area contributed by atoms with E-state index in [1.165, 1.54) is 24.3 Å². The number of aliphatic hydroxyl groups excluding tert-OH is 1. The van der Waals surface area contributed by atoms with Crippen LogP contribution >= 0.6 is 0 Å². The molecule has 1 aromatic rings. The first kappa shape index (κ1) is 25.1. The smallest absolute Gasteiger partial charge is 0.408 e. The van der Waals surface area contributed by atoms with E-state index in [4.69, 9.17) is 9.16 Å². The highest BCUT2D eigenvalue weighted by Gasteiger charge is 2.38. The summed E-state index contributed by atoms with van der Waals surface area (Å²) in [6, 6.07) is 4.80. The van der Waals surface area contributed by atoms with E-state index in [1.54, 1.807) is 20.8 Å². The number of hydrogen-bond donors (Lipinski definition) is 2. The summed E-state index contributed by atoms with van der Waals surface area (Å²) < 4.78 is 11.5. The van der Waals surface area contributed by atoms with Crippen LogP contribution in [0.2, 0.25) is 18.1 Å². The van der Waals surface area contributed by atoms with Crippen LogP contribution in [-0.4, -0.2) is 42.7 Å². The number of amides is 1. The summed E-state index contributed by atoms with van der Waals surface area (Å²) in [6.07, 6.45) is -1.78. The second-order valence-electron chi connectivity index (χ2n) is 9.62. The predicted molar refractivity (Wildman–Crippen MR) is 114 cm³/mol. The van der Waals surface area contributed by atoms with Gasteiger partial charge in [-0.1, -0.05) is 20.8 Å². The highest BCUT2D eigenvalue weighted by atomic mass is 28.4. The van der Waals surface area contributed by atoms with Gasteiger partial charge < -0.3 is 19.6 Å². The van der Waals surface area contributed by atoms with Crippen LogP contribution in [-0.2, 0) is 9.16 Å². The second kappa shape index (κ2) is 9.23. The fourth-order valence-electron chi connectivity index (χ4n) is 2.21. The molecule has 1 amide bonds. The number of carbonyl (C=O) groups is 1. The molecule has 1 aromatic carbocycles. The van der Waals surface area contributed by atoms with E-state index >= 15 is 0 Å². The Hall–Kier alpha value is -1.97. The number of benzene rings is 1. The maximum Gasteiger partial charge on any atom is 0.408 e. The molecule has 0 aliphatic heterocycles. The van der Waals surface area contributed by atoms with Gasteiger partial charge in [0.2, 0.25) is 0 Å². The van der Waals surface area contributed by atoms with E-state index in [9.17, 15) is 20.0 Å². The number of rotatable bonds is 7. The zero-order valence-electron chi connectivity index (χ0n) is 18.6. The number of nitrogens with zero attached hydrogens (tertiary/aromatic N) is 1. The van der Waals surface area contributed by atoms with Crippen molar-refractivity contribution in [1.82, 2.24) is 5.32 Å². The largest absolute Gasteiger partial charge is 0.444 e. The van der Waals surface area contributed by atoms with Gasteiger partial charge in [-0.2, -0.15) is 0 Å². The molecule has 0 bridgehead atoms. The molecule has 2 N–H and O–H groups in total. The summed E-state index contributed by atoms with van der Waals surface area (Å²) >= 11 is 0. The van der Waals surface area contributed by atoms with Crippen LogP contribution in [0.3, 0.4) is 0 Å². The first-order valence-corrected chi connectivity index (χ1v) is 12.5. The molecular weight excluding hydrogens is 392 g/mol. The second-order valence-corrected chi connectivity index (χ2v) is 14.4. The van der Waals surface area contributed by atoms with Gasteiger partial charge in [0.15, 0.2) is 8.32 Å². The molecule has 0 heterocycles. The Bertz CT molecular complexity index is 707. The van der Waals surface area contributed by atoms with Gasteiger partial charge in [-0.05, 0) is 56.6 Å². The minimum absolute atomic E-state index is 0.0399. The normalized spacial score (nSPS) is 14.8. The van der Waals surface area contributed by atoms with E-state index in [1.807, 2.05) is 0 Å². The average Bonchev–Trinajstić information content (AvgIpc) is 2.55. The number of aliphatic hydroxyl groups is 1. The van der Waals surface area contributed by atoms with Crippen molar-refractivity contribution < 1.29 is 24.0 Å². The minimum atomic E-state index is -2.13. The molecule has 2 atom stereocenters. The summed E-state index contributed by atoms with van der Waals surface area (Å²) in [6.45, 7) is 15.8. The number of non-ortho nitro benzene ring substituents is 1. The third kappa shape index (κ3) is 7.75. The molecule has 0 aliphatic rings. The van der Waals surface area contributed by atoms with Crippen molar-refractivity contribution in [2.45, 2.75) is 77.4 Å². The molecule has 0 aromatic heterocycles. The Balaban J connectivity index is 3.04. The minimum Gasteiger partial charge on any atom is -0.444 e. The van der Waals surface area contributed by atoms with E-state index in [2.05, 4.69) is 39.2 Å². The Morgan fingerprint density at radius 1 is 1.17 bits per heavy atom. The fourth-order valence-corrected chi connectivity index (χ4v) is 3.24. The maximum atomic E-state index is 12.3. The number of hydrogen-bond acceptors (Lipinski definition) is 6. The summed E-state index contributed by atoms with van der Waals surface area (Å²) in [5.41, 5.74) is -0.321. The van der Waals surface area contributed by atoms with E-state index in [0.29, 0.717) is 5.56 Å². The summed E-state index contributed by atoms with van der Waals surface area (Å²) in [5, 5.41) is 24.4. The monoisotopic (exact) mass is 426 g/mol. The molecule has 1 rings (SSSR count). The average molecular weight is 427 g/mol. The van der Waals surface area contributed by atoms with E-state index < -0.39 is 37.1 Å². The highest BCUT2D eigenvalue weighted by molar-refractivity contribution is 6.74. The van der Waals surface area contributed by atoms with Crippen molar-refractivity contribution in [3.05, 3.63) is 39.9 Å². The first-order valence-electron chi connectivity index (χ1n) is 9.59. The van der Waals surface area contributed by atoms with Crippen molar-refractivity contribution in [2.75, 3.05) is 6.61 Å². The van der Waals surface area contributed by atoms with Gasteiger partial charge in [-0.15, -0.1) is 0 Å². The van der Waals surface area contributed by atoms with Crippen LogP contribution in [0, 0.1) is 10.1 Å². The van der Waals surface area contributed by atoms with E-state index in [-0.39, 0.29) is 17.3 Å². The predicted octanol–water partition coefficient (Wildman–Crippen LogP) is 4.54. The molecule has 0 radical (unpaired) electrons. The number of ether oxygens (including phenoxy) is 1. The molecule has 0 spiro atoms. The zero-order chi connectivity index (χ0) is 22.6. The van der Waals surface area contributed by atoms with Crippen LogP contribution in [0.15, 0.2) is 24.3 Å². The molecule has 0 unspecified atom stereocenters. The molecule has 0 saturated carbocycles. The van der Waals surface area contributed by atoms with Crippen molar-refractivity contribution in [3.63, 3.8) is 0 Å². The number of alkyl carbamates (subject to hydrolysis) is 1. The SMILES string of the molecule is CC(C)(C)OC(=O)N[C@@H](CO[Si](C)(C)C(C)(C)C)[C@@H](O)c1ccc([N+](=O)[O-])cc1. The van der Waals surface area contributed by atoms with E-state index in [0.717, 1.165) is 0 Å². The lowest BCUT2D eigenvalue weighted by Gasteiger charge is -2.38. The molecular formula is C20H34N2O6Si. The van der Waals surface area contributed by atoms with Crippen LogP contribution in [0.5, 0.6) is 0 Å². The lowest BCUT2D eigenvalue weighted by molar-refractivity contribution is -0.384. The van der Waals surface area contributed by atoms with Crippen LogP contribution in [0.4, 0.5) is 10.5 Å². The van der Waals surface area contributed by atoms with Crippen molar-refractivity contribution >= 4 is 20.1 Å².